The van der Waals surface area contributed by atoms with Crippen LogP contribution in [-0.4, -0.2) is 30.7 Å². The highest BCUT2D eigenvalue weighted by Crippen LogP contribution is 2.10. The lowest BCUT2D eigenvalue weighted by atomic mass is 10.2. The van der Waals surface area contributed by atoms with E-state index in [0.29, 0.717) is 12.4 Å². The summed E-state index contributed by atoms with van der Waals surface area (Å²) in [7, 11) is 0. The molecule has 7 nitrogen and oxygen atoms in total. The average Bonchev–Trinajstić information content (AvgIpc) is 3.23. The Labute approximate surface area is 143 Å². The van der Waals surface area contributed by atoms with Gasteiger partial charge < -0.3 is 5.32 Å². The molecule has 0 fully saturated rings. The van der Waals surface area contributed by atoms with Crippen molar-refractivity contribution in [3.05, 3.63) is 72.4 Å². The Balaban J connectivity index is 1.41. The highest BCUT2D eigenvalue weighted by atomic mass is 16.2. The minimum absolute atomic E-state index is 0.0893. The third-order valence-electron chi connectivity index (χ3n) is 3.81. The molecule has 0 saturated heterocycles. The van der Waals surface area contributed by atoms with Crippen molar-refractivity contribution in [2.45, 2.75) is 13.1 Å². The maximum atomic E-state index is 12.2. The van der Waals surface area contributed by atoms with Crippen LogP contribution in [0.15, 0.2) is 66.9 Å². The number of amides is 1. The molecule has 2 heterocycles. The summed E-state index contributed by atoms with van der Waals surface area (Å²) in [6.07, 6.45) is 1.84. The Kier molecular flexibility index (Phi) is 3.96. The maximum absolute atomic E-state index is 12.2. The first kappa shape index (κ1) is 15.1. The van der Waals surface area contributed by atoms with Crippen LogP contribution in [0.5, 0.6) is 0 Å². The molecule has 0 spiro atoms. The van der Waals surface area contributed by atoms with Crippen molar-refractivity contribution in [3.63, 3.8) is 0 Å². The zero-order chi connectivity index (χ0) is 17.1. The van der Waals surface area contributed by atoms with Crippen molar-refractivity contribution in [2.75, 3.05) is 5.32 Å². The topological polar surface area (TPSA) is 77.6 Å². The largest absolute Gasteiger partial charge is 0.308 e. The monoisotopic (exact) mass is 332 g/mol. The van der Waals surface area contributed by atoms with Gasteiger partial charge in [-0.2, -0.15) is 5.10 Å². The molecule has 124 valence electrons. The van der Waals surface area contributed by atoms with Crippen LogP contribution in [0.4, 0.5) is 5.82 Å². The first-order valence-corrected chi connectivity index (χ1v) is 7.93. The van der Waals surface area contributed by atoms with Gasteiger partial charge >= 0.3 is 0 Å². The lowest BCUT2D eigenvalue weighted by molar-refractivity contribution is -0.116. The lowest BCUT2D eigenvalue weighted by Crippen LogP contribution is -2.20. The highest BCUT2D eigenvalue weighted by Gasteiger charge is 2.10. The van der Waals surface area contributed by atoms with E-state index >= 15 is 0 Å². The molecule has 25 heavy (non-hydrogen) atoms. The number of anilines is 1. The second kappa shape index (κ2) is 6.56. The van der Waals surface area contributed by atoms with E-state index in [2.05, 4.69) is 20.7 Å². The van der Waals surface area contributed by atoms with E-state index in [1.54, 1.807) is 15.4 Å². The molecule has 0 atom stereocenters. The fraction of sp³-hybridized carbons (Fsp3) is 0.111. The fourth-order valence-electron chi connectivity index (χ4n) is 2.64. The van der Waals surface area contributed by atoms with Crippen LogP contribution in [0.3, 0.4) is 0 Å². The summed E-state index contributed by atoms with van der Waals surface area (Å²) < 4.78 is 3.36. The van der Waals surface area contributed by atoms with Gasteiger partial charge in [-0.3, -0.25) is 9.48 Å². The molecule has 4 aromatic rings. The second-order valence-corrected chi connectivity index (χ2v) is 5.67. The lowest BCUT2D eigenvalue weighted by Gasteiger charge is -2.04. The zero-order valence-corrected chi connectivity index (χ0v) is 13.4. The predicted octanol–water partition coefficient (Wildman–Crippen LogP) is 2.31. The number of para-hydroxylation sites is 1. The molecule has 2 aromatic heterocycles. The fourth-order valence-corrected chi connectivity index (χ4v) is 2.64. The Morgan fingerprint density at radius 2 is 1.80 bits per heavy atom. The molecular formula is C18H16N6O. The molecule has 7 heteroatoms. The number of aromatic nitrogens is 5. The SMILES string of the molecule is O=C(Cn1nnc2ccccc21)Nc1ccn(Cc2ccccc2)n1. The minimum Gasteiger partial charge on any atom is -0.308 e. The molecule has 0 saturated carbocycles. The number of benzene rings is 2. The normalized spacial score (nSPS) is 10.9. The molecule has 0 aliphatic heterocycles. The highest BCUT2D eigenvalue weighted by molar-refractivity contribution is 5.90. The van der Waals surface area contributed by atoms with Crippen LogP contribution in [0.1, 0.15) is 5.56 Å². The second-order valence-electron chi connectivity index (χ2n) is 5.67. The quantitative estimate of drug-likeness (QED) is 0.608. The summed E-state index contributed by atoms with van der Waals surface area (Å²) >= 11 is 0. The number of nitrogens with zero attached hydrogens (tertiary/aromatic N) is 5. The van der Waals surface area contributed by atoms with Crippen molar-refractivity contribution >= 4 is 22.8 Å². The van der Waals surface area contributed by atoms with Crippen LogP contribution in [0, 0.1) is 0 Å². The Morgan fingerprint density at radius 1 is 1.00 bits per heavy atom. The van der Waals surface area contributed by atoms with Crippen LogP contribution in [-0.2, 0) is 17.9 Å². The van der Waals surface area contributed by atoms with Gasteiger partial charge in [-0.05, 0) is 17.7 Å². The molecule has 1 amide bonds. The number of carbonyl (C=O) groups is 1. The van der Waals surface area contributed by atoms with Crippen molar-refractivity contribution in [2.24, 2.45) is 0 Å². The molecule has 0 unspecified atom stereocenters. The third kappa shape index (κ3) is 3.40. The Hall–Kier alpha value is -3.48. The zero-order valence-electron chi connectivity index (χ0n) is 13.4. The van der Waals surface area contributed by atoms with Gasteiger partial charge in [0.2, 0.25) is 5.91 Å². The van der Waals surface area contributed by atoms with E-state index in [-0.39, 0.29) is 12.5 Å². The van der Waals surface area contributed by atoms with Gasteiger partial charge in [0.25, 0.3) is 0 Å². The third-order valence-corrected chi connectivity index (χ3v) is 3.81. The molecule has 1 N–H and O–H groups in total. The standard InChI is InChI=1S/C18H16N6O/c25-18(13-24-16-9-5-4-8-15(16)20-22-24)19-17-10-11-23(21-17)12-14-6-2-1-3-7-14/h1-11H,12-13H2,(H,19,21,25). The van der Waals surface area contributed by atoms with Crippen molar-refractivity contribution in [1.29, 1.82) is 0 Å². The van der Waals surface area contributed by atoms with Gasteiger partial charge in [0, 0.05) is 12.3 Å². The van der Waals surface area contributed by atoms with Gasteiger partial charge in [0.1, 0.15) is 12.1 Å². The summed E-state index contributed by atoms with van der Waals surface area (Å²) in [6.45, 7) is 0.747. The Morgan fingerprint density at radius 3 is 2.68 bits per heavy atom. The van der Waals surface area contributed by atoms with Crippen molar-refractivity contribution in [1.82, 2.24) is 24.8 Å². The smallest absolute Gasteiger partial charge is 0.247 e. The molecule has 0 bridgehead atoms. The molecule has 2 aromatic carbocycles. The molecule has 4 rings (SSSR count). The molecule has 0 aliphatic carbocycles. The van der Waals surface area contributed by atoms with Crippen LogP contribution in [0.25, 0.3) is 11.0 Å². The number of rotatable bonds is 5. The number of fused-ring (bicyclic) bond motifs is 1. The van der Waals surface area contributed by atoms with E-state index < -0.39 is 0 Å². The van der Waals surface area contributed by atoms with E-state index in [4.69, 9.17) is 0 Å². The first-order valence-electron chi connectivity index (χ1n) is 7.93. The van der Waals surface area contributed by atoms with Crippen LogP contribution in [0.2, 0.25) is 0 Å². The van der Waals surface area contributed by atoms with E-state index in [1.807, 2.05) is 60.8 Å². The number of carbonyl (C=O) groups excluding carboxylic acids is 1. The van der Waals surface area contributed by atoms with Gasteiger partial charge in [-0.15, -0.1) is 5.10 Å². The summed E-state index contributed by atoms with van der Waals surface area (Å²) in [5.41, 5.74) is 2.74. The van der Waals surface area contributed by atoms with E-state index in [9.17, 15) is 4.79 Å². The Bertz CT molecular complexity index is 1000. The van der Waals surface area contributed by atoms with Crippen LogP contribution >= 0.6 is 0 Å². The van der Waals surface area contributed by atoms with Gasteiger partial charge in [-0.1, -0.05) is 47.7 Å². The average molecular weight is 332 g/mol. The van der Waals surface area contributed by atoms with E-state index in [0.717, 1.165) is 16.6 Å². The number of hydrogen-bond donors (Lipinski definition) is 1. The maximum Gasteiger partial charge on any atom is 0.247 e. The number of nitrogens with one attached hydrogen (secondary N) is 1. The molecular weight excluding hydrogens is 316 g/mol. The summed E-state index contributed by atoms with van der Waals surface area (Å²) in [5, 5.41) is 15.2. The van der Waals surface area contributed by atoms with Crippen molar-refractivity contribution < 1.29 is 4.79 Å². The first-order chi connectivity index (χ1) is 12.3. The minimum atomic E-state index is -0.194. The summed E-state index contributed by atoms with van der Waals surface area (Å²) in [6, 6.07) is 19.3. The summed E-state index contributed by atoms with van der Waals surface area (Å²) in [4.78, 5) is 12.2. The molecule has 0 radical (unpaired) electrons. The van der Waals surface area contributed by atoms with Crippen LogP contribution < -0.4 is 5.32 Å². The molecule has 0 aliphatic rings. The number of hydrogen-bond acceptors (Lipinski definition) is 4. The van der Waals surface area contributed by atoms with Gasteiger partial charge in [0.05, 0.1) is 12.1 Å². The predicted molar refractivity (Wildman–Crippen MR) is 93.9 cm³/mol. The van der Waals surface area contributed by atoms with Gasteiger partial charge in [0.15, 0.2) is 5.82 Å². The van der Waals surface area contributed by atoms with Crippen molar-refractivity contribution in [3.8, 4) is 0 Å². The van der Waals surface area contributed by atoms with E-state index in [1.165, 1.54) is 0 Å². The summed E-state index contributed by atoms with van der Waals surface area (Å²) in [5.74, 6) is 0.325. The van der Waals surface area contributed by atoms with Gasteiger partial charge in [-0.25, -0.2) is 4.68 Å².